The minimum atomic E-state index is 0.940. The maximum atomic E-state index is 5.19. The van der Waals surface area contributed by atoms with Gasteiger partial charge in [0.1, 0.15) is 5.82 Å². The van der Waals surface area contributed by atoms with Gasteiger partial charge in [-0.05, 0) is 110 Å². The second-order valence-electron chi connectivity index (χ2n) is 13.6. The number of hydrogen-bond donors (Lipinski definition) is 0. The Kier molecular flexibility index (Phi) is 6.25. The Morgan fingerprint density at radius 2 is 0.750 bits per heavy atom. The van der Waals surface area contributed by atoms with Crippen molar-refractivity contribution in [3.63, 3.8) is 0 Å². The molecule has 3 heteroatoms. The van der Waals surface area contributed by atoms with E-state index < -0.39 is 0 Å². The van der Waals surface area contributed by atoms with Gasteiger partial charge in [0.05, 0.1) is 22.1 Å². The van der Waals surface area contributed by atoms with E-state index in [0.717, 1.165) is 28.1 Å². The summed E-state index contributed by atoms with van der Waals surface area (Å²) >= 11 is 0. The van der Waals surface area contributed by atoms with Crippen LogP contribution in [0.25, 0.3) is 99.0 Å². The molecule has 0 unspecified atom stereocenters. The molecule has 2 aromatic heterocycles. The van der Waals surface area contributed by atoms with Gasteiger partial charge >= 0.3 is 0 Å². The summed E-state index contributed by atoms with van der Waals surface area (Å²) in [4.78, 5) is 5.19. The van der Waals surface area contributed by atoms with Crippen molar-refractivity contribution in [3.05, 3.63) is 188 Å². The summed E-state index contributed by atoms with van der Waals surface area (Å²) in [7, 11) is 0. The topological polar surface area (TPSA) is 22.8 Å². The molecule has 9 aromatic carbocycles. The maximum Gasteiger partial charge on any atom is 0.145 e. The lowest BCUT2D eigenvalue weighted by Crippen LogP contribution is -1.97. The fraction of sp³-hybridized carbons (Fsp3) is 0. The molecule has 11 aromatic rings. The van der Waals surface area contributed by atoms with Crippen LogP contribution in [0.4, 0.5) is 0 Å². The summed E-state index contributed by atoms with van der Waals surface area (Å²) in [6, 6.07) is 67.9. The molecule has 0 spiro atoms. The van der Waals surface area contributed by atoms with E-state index in [2.05, 4.69) is 197 Å². The van der Waals surface area contributed by atoms with E-state index in [0.29, 0.717) is 0 Å². The van der Waals surface area contributed by atoms with Crippen LogP contribution >= 0.6 is 0 Å². The summed E-state index contributed by atoms with van der Waals surface area (Å²) in [5.74, 6) is 0.940. The van der Waals surface area contributed by atoms with Crippen LogP contribution in [0.15, 0.2) is 188 Å². The number of rotatable bonds is 4. The first-order chi connectivity index (χ1) is 25.8. The second kappa shape index (κ2) is 11.3. The Morgan fingerprint density at radius 1 is 0.288 bits per heavy atom. The lowest BCUT2D eigenvalue weighted by Gasteiger charge is -2.14. The van der Waals surface area contributed by atoms with Crippen LogP contribution in [0.1, 0.15) is 0 Å². The largest absolute Gasteiger partial charge is 0.309 e. The predicted octanol–water partition coefficient (Wildman–Crippen LogP) is 12.9. The Morgan fingerprint density at radius 3 is 1.48 bits per heavy atom. The number of fused-ring (bicyclic) bond motifs is 10. The highest BCUT2D eigenvalue weighted by atomic mass is 15.1. The average molecular weight is 662 g/mol. The minimum absolute atomic E-state index is 0.940. The van der Waals surface area contributed by atoms with Crippen LogP contribution in [-0.2, 0) is 0 Å². The molecule has 0 saturated carbocycles. The summed E-state index contributed by atoms with van der Waals surface area (Å²) in [5.41, 5.74) is 10.3. The third-order valence-electron chi connectivity index (χ3n) is 10.7. The van der Waals surface area contributed by atoms with Gasteiger partial charge in [-0.2, -0.15) is 0 Å². The summed E-state index contributed by atoms with van der Waals surface area (Å²) in [6.07, 6.45) is 0. The summed E-state index contributed by atoms with van der Waals surface area (Å²) in [6.45, 7) is 0. The predicted molar refractivity (Wildman–Crippen MR) is 219 cm³/mol. The van der Waals surface area contributed by atoms with Gasteiger partial charge in [-0.1, -0.05) is 121 Å². The van der Waals surface area contributed by atoms with Crippen molar-refractivity contribution < 1.29 is 0 Å². The van der Waals surface area contributed by atoms with E-state index >= 15 is 0 Å². The van der Waals surface area contributed by atoms with E-state index in [1.807, 2.05) is 0 Å². The number of aromatic nitrogens is 3. The molecule has 0 atom stereocenters. The van der Waals surface area contributed by atoms with Crippen LogP contribution < -0.4 is 0 Å². The Balaban J connectivity index is 1.13. The SMILES string of the molecule is c1ccc(-n2c(-c3ccc4c5cc(-c6ccc7c(c6)c6ccccc6n7-c6ccccc6)ccc5c5ccccc5c4c3)nc3ccccc32)cc1. The zero-order chi connectivity index (χ0) is 34.2. The number of para-hydroxylation sites is 5. The molecule has 0 aliphatic carbocycles. The van der Waals surface area contributed by atoms with E-state index in [4.69, 9.17) is 4.98 Å². The molecule has 0 radical (unpaired) electrons. The Labute approximate surface area is 300 Å². The van der Waals surface area contributed by atoms with Crippen molar-refractivity contribution in [2.45, 2.75) is 0 Å². The first-order valence-electron chi connectivity index (χ1n) is 17.8. The van der Waals surface area contributed by atoms with Gasteiger partial charge in [0.2, 0.25) is 0 Å². The Bertz CT molecular complexity index is 3170. The van der Waals surface area contributed by atoms with Gasteiger partial charge < -0.3 is 4.57 Å². The van der Waals surface area contributed by atoms with Crippen molar-refractivity contribution in [2.24, 2.45) is 0 Å². The molecule has 52 heavy (non-hydrogen) atoms. The maximum absolute atomic E-state index is 5.19. The minimum Gasteiger partial charge on any atom is -0.309 e. The smallest absolute Gasteiger partial charge is 0.145 e. The van der Waals surface area contributed by atoms with Crippen molar-refractivity contribution in [2.75, 3.05) is 0 Å². The average Bonchev–Trinajstić information content (AvgIpc) is 3.77. The van der Waals surface area contributed by atoms with Crippen molar-refractivity contribution in [3.8, 4) is 33.9 Å². The molecule has 0 amide bonds. The normalized spacial score (nSPS) is 11.8. The number of imidazole rings is 1. The highest BCUT2D eigenvalue weighted by Crippen LogP contribution is 2.41. The number of nitrogens with zero attached hydrogens (tertiary/aromatic N) is 3. The standard InChI is InChI=1S/C49H31N3/c1-3-13-35(14-4-1)51-46-21-11-9-19-41(46)44-30-33(25-28-47(44)51)32-23-26-39-37-17-7-8-18-38(37)43-31-34(24-27-40(43)42(39)29-32)49-50-45-20-10-12-22-48(45)52(49)36-15-5-2-6-16-36/h1-31H. The van der Waals surface area contributed by atoms with Crippen LogP contribution in [0.5, 0.6) is 0 Å². The fourth-order valence-electron chi connectivity index (χ4n) is 8.34. The molecule has 3 nitrogen and oxygen atoms in total. The third kappa shape index (κ3) is 4.30. The van der Waals surface area contributed by atoms with Crippen LogP contribution in [0.3, 0.4) is 0 Å². The number of hydrogen-bond acceptors (Lipinski definition) is 1. The molecule has 2 heterocycles. The van der Waals surface area contributed by atoms with Crippen molar-refractivity contribution in [1.82, 2.24) is 14.1 Å². The molecular formula is C49H31N3. The number of benzene rings is 9. The third-order valence-corrected chi connectivity index (χ3v) is 10.7. The molecule has 0 bridgehead atoms. The summed E-state index contributed by atoms with van der Waals surface area (Å²) in [5, 5.41) is 10.00. The molecule has 0 saturated heterocycles. The zero-order valence-electron chi connectivity index (χ0n) is 28.2. The van der Waals surface area contributed by atoms with Gasteiger partial charge in [0, 0.05) is 27.7 Å². The molecule has 0 fully saturated rings. The quantitative estimate of drug-likeness (QED) is 0.172. The molecular weight excluding hydrogens is 631 g/mol. The molecule has 11 rings (SSSR count). The molecule has 0 aliphatic heterocycles. The van der Waals surface area contributed by atoms with Gasteiger partial charge in [-0.3, -0.25) is 4.57 Å². The van der Waals surface area contributed by atoms with Crippen LogP contribution in [-0.4, -0.2) is 14.1 Å². The lowest BCUT2D eigenvalue weighted by molar-refractivity contribution is 1.10. The first kappa shape index (κ1) is 28.8. The summed E-state index contributed by atoms with van der Waals surface area (Å²) < 4.78 is 4.65. The molecule has 0 N–H and O–H groups in total. The highest BCUT2D eigenvalue weighted by Gasteiger charge is 2.18. The van der Waals surface area contributed by atoms with Gasteiger partial charge in [0.15, 0.2) is 0 Å². The highest BCUT2D eigenvalue weighted by molar-refractivity contribution is 6.26. The van der Waals surface area contributed by atoms with Gasteiger partial charge in [-0.25, -0.2) is 4.98 Å². The van der Waals surface area contributed by atoms with Crippen molar-refractivity contribution in [1.29, 1.82) is 0 Å². The van der Waals surface area contributed by atoms with Gasteiger partial charge in [-0.15, -0.1) is 0 Å². The van der Waals surface area contributed by atoms with Crippen LogP contribution in [0.2, 0.25) is 0 Å². The van der Waals surface area contributed by atoms with Crippen LogP contribution in [0, 0.1) is 0 Å². The van der Waals surface area contributed by atoms with E-state index in [9.17, 15) is 0 Å². The van der Waals surface area contributed by atoms with Crippen molar-refractivity contribution >= 4 is 65.2 Å². The fourth-order valence-corrected chi connectivity index (χ4v) is 8.34. The van der Waals surface area contributed by atoms with E-state index in [-0.39, 0.29) is 0 Å². The Hall–Kier alpha value is -6.97. The zero-order valence-corrected chi connectivity index (χ0v) is 28.2. The lowest BCUT2D eigenvalue weighted by atomic mass is 9.91. The molecule has 0 aliphatic rings. The monoisotopic (exact) mass is 661 g/mol. The molecule has 242 valence electrons. The van der Waals surface area contributed by atoms with E-state index in [1.165, 1.54) is 70.9 Å². The van der Waals surface area contributed by atoms with E-state index in [1.54, 1.807) is 0 Å². The first-order valence-corrected chi connectivity index (χ1v) is 17.8. The second-order valence-corrected chi connectivity index (χ2v) is 13.6. The van der Waals surface area contributed by atoms with Gasteiger partial charge in [0.25, 0.3) is 0 Å².